The maximum absolute atomic E-state index is 11.8. The minimum atomic E-state index is -0.0373. The monoisotopic (exact) mass is 232 g/mol. The van der Waals surface area contributed by atoms with Gasteiger partial charge in [-0.05, 0) is 23.8 Å². The molecule has 0 aliphatic carbocycles. The molecule has 0 radical (unpaired) electrons. The molecule has 2 rings (SSSR count). The van der Waals surface area contributed by atoms with Crippen LogP contribution < -0.4 is 0 Å². The Kier molecular flexibility index (Phi) is 3.27. The first kappa shape index (κ1) is 10.8. The van der Waals surface area contributed by atoms with Gasteiger partial charge in [0.05, 0.1) is 0 Å². The van der Waals surface area contributed by atoms with Crippen molar-refractivity contribution in [2.75, 3.05) is 0 Å². The Labute approximate surface area is 98.1 Å². The maximum Gasteiger partial charge on any atom is 0.185 e. The summed E-state index contributed by atoms with van der Waals surface area (Å²) in [5.41, 5.74) is 1.31. The molecule has 0 aliphatic rings. The lowest BCUT2D eigenvalue weighted by Gasteiger charge is -2.00. The van der Waals surface area contributed by atoms with Crippen LogP contribution in [0.1, 0.15) is 16.1 Å². The molecule has 3 nitrogen and oxygen atoms in total. The highest BCUT2D eigenvalue weighted by Crippen LogP contribution is 2.12. The summed E-state index contributed by atoms with van der Waals surface area (Å²) in [4.78, 5) is 19.5. The fraction of sp³-hybridized carbons (Fsp3) is 0.0833. The van der Waals surface area contributed by atoms with E-state index in [1.165, 1.54) is 6.33 Å². The van der Waals surface area contributed by atoms with Crippen LogP contribution in [0.5, 0.6) is 0 Å². The molecule has 0 spiro atoms. The van der Waals surface area contributed by atoms with Crippen LogP contribution in [0.3, 0.4) is 0 Å². The highest BCUT2D eigenvalue weighted by atomic mass is 35.5. The number of ketones is 1. The Hall–Kier alpha value is -1.74. The van der Waals surface area contributed by atoms with Gasteiger partial charge < -0.3 is 0 Å². The van der Waals surface area contributed by atoms with E-state index in [1.807, 2.05) is 12.1 Å². The molecule has 4 heteroatoms. The Bertz CT molecular complexity index is 499. The number of aromatic nitrogens is 2. The molecule has 1 heterocycles. The first-order valence-electron chi connectivity index (χ1n) is 4.79. The Morgan fingerprint density at radius 3 is 2.88 bits per heavy atom. The minimum absolute atomic E-state index is 0.0373. The van der Waals surface area contributed by atoms with Crippen molar-refractivity contribution in [2.45, 2.75) is 6.42 Å². The summed E-state index contributed by atoms with van der Waals surface area (Å²) in [6.45, 7) is 0. The standard InChI is InChI=1S/C12H9ClN2O/c13-10-3-1-2-9(6-10)7-12(16)11-4-5-14-8-15-11/h1-6,8H,7H2. The molecule has 1 aromatic carbocycles. The van der Waals surface area contributed by atoms with Gasteiger partial charge in [0.2, 0.25) is 0 Å². The van der Waals surface area contributed by atoms with E-state index in [0.29, 0.717) is 17.1 Å². The lowest BCUT2D eigenvalue weighted by Crippen LogP contribution is -2.05. The predicted octanol–water partition coefficient (Wildman–Crippen LogP) is 2.56. The van der Waals surface area contributed by atoms with Crippen LogP contribution in [0.25, 0.3) is 0 Å². The smallest absolute Gasteiger partial charge is 0.185 e. The number of Topliss-reactive ketones (excluding diaryl/α,β-unsaturated/α-hetero) is 1. The molecule has 0 bridgehead atoms. The van der Waals surface area contributed by atoms with Crippen molar-refractivity contribution in [1.29, 1.82) is 0 Å². The molecule has 80 valence electrons. The van der Waals surface area contributed by atoms with Crippen LogP contribution >= 0.6 is 11.6 Å². The molecule has 0 saturated heterocycles. The Morgan fingerprint density at radius 1 is 1.31 bits per heavy atom. The van der Waals surface area contributed by atoms with Gasteiger partial charge in [0.1, 0.15) is 12.0 Å². The van der Waals surface area contributed by atoms with Gasteiger partial charge >= 0.3 is 0 Å². The molecule has 0 amide bonds. The SMILES string of the molecule is O=C(Cc1cccc(Cl)c1)c1ccncn1. The molecule has 2 aromatic rings. The van der Waals surface area contributed by atoms with Gasteiger partial charge in [0.25, 0.3) is 0 Å². The predicted molar refractivity (Wildman–Crippen MR) is 61.5 cm³/mol. The minimum Gasteiger partial charge on any atom is -0.292 e. The van der Waals surface area contributed by atoms with E-state index in [1.54, 1.807) is 24.4 Å². The van der Waals surface area contributed by atoms with Crippen LogP contribution in [0.4, 0.5) is 0 Å². The summed E-state index contributed by atoms with van der Waals surface area (Å²) >= 11 is 5.84. The molecule has 0 N–H and O–H groups in total. The second-order valence-corrected chi connectivity index (χ2v) is 3.76. The normalized spacial score (nSPS) is 10.1. The average Bonchev–Trinajstić information content (AvgIpc) is 2.30. The molecule has 0 fully saturated rings. The van der Waals surface area contributed by atoms with E-state index in [4.69, 9.17) is 11.6 Å². The third-order valence-electron chi connectivity index (χ3n) is 2.12. The van der Waals surface area contributed by atoms with Gasteiger partial charge in [0.15, 0.2) is 5.78 Å². The molecular weight excluding hydrogens is 224 g/mol. The summed E-state index contributed by atoms with van der Waals surface area (Å²) in [5, 5.41) is 0.632. The van der Waals surface area contributed by atoms with Crippen LogP contribution in [0.15, 0.2) is 42.9 Å². The van der Waals surface area contributed by atoms with Crippen molar-refractivity contribution >= 4 is 17.4 Å². The first-order valence-corrected chi connectivity index (χ1v) is 5.17. The molecule has 0 unspecified atom stereocenters. The van der Waals surface area contributed by atoms with E-state index in [9.17, 15) is 4.79 Å². The van der Waals surface area contributed by atoms with Crippen LogP contribution in [0.2, 0.25) is 5.02 Å². The lowest BCUT2D eigenvalue weighted by molar-refractivity contribution is 0.0988. The quantitative estimate of drug-likeness (QED) is 0.764. The fourth-order valence-electron chi connectivity index (χ4n) is 1.38. The zero-order valence-electron chi connectivity index (χ0n) is 8.43. The summed E-state index contributed by atoms with van der Waals surface area (Å²) in [6.07, 6.45) is 3.22. The largest absolute Gasteiger partial charge is 0.292 e. The summed E-state index contributed by atoms with van der Waals surface area (Å²) in [5.74, 6) is -0.0373. The summed E-state index contributed by atoms with van der Waals surface area (Å²) < 4.78 is 0. The molecule has 0 atom stereocenters. The van der Waals surface area contributed by atoms with Crippen LogP contribution in [0, 0.1) is 0 Å². The summed E-state index contributed by atoms with van der Waals surface area (Å²) in [7, 11) is 0. The molecule has 16 heavy (non-hydrogen) atoms. The molecular formula is C12H9ClN2O. The van der Waals surface area contributed by atoms with Gasteiger partial charge in [0, 0.05) is 17.6 Å². The number of nitrogens with zero attached hydrogens (tertiary/aromatic N) is 2. The van der Waals surface area contributed by atoms with Gasteiger partial charge in [-0.2, -0.15) is 0 Å². The van der Waals surface area contributed by atoms with E-state index < -0.39 is 0 Å². The molecule has 0 aliphatic heterocycles. The number of hydrogen-bond acceptors (Lipinski definition) is 3. The van der Waals surface area contributed by atoms with Crippen molar-refractivity contribution < 1.29 is 4.79 Å². The second kappa shape index (κ2) is 4.86. The number of halogens is 1. The zero-order chi connectivity index (χ0) is 11.4. The van der Waals surface area contributed by atoms with Crippen LogP contribution in [-0.2, 0) is 6.42 Å². The second-order valence-electron chi connectivity index (χ2n) is 3.32. The molecule has 1 aromatic heterocycles. The van der Waals surface area contributed by atoms with Crippen molar-refractivity contribution in [3.63, 3.8) is 0 Å². The molecule has 0 saturated carbocycles. The van der Waals surface area contributed by atoms with Crippen LogP contribution in [-0.4, -0.2) is 15.8 Å². The van der Waals surface area contributed by atoms with E-state index >= 15 is 0 Å². The third-order valence-corrected chi connectivity index (χ3v) is 2.36. The van der Waals surface area contributed by atoms with Crippen molar-refractivity contribution in [3.8, 4) is 0 Å². The van der Waals surface area contributed by atoms with E-state index in [0.717, 1.165) is 5.56 Å². The van der Waals surface area contributed by atoms with Crippen molar-refractivity contribution in [1.82, 2.24) is 9.97 Å². The van der Waals surface area contributed by atoms with E-state index in [2.05, 4.69) is 9.97 Å². The van der Waals surface area contributed by atoms with Gasteiger partial charge in [-0.15, -0.1) is 0 Å². The topological polar surface area (TPSA) is 42.9 Å². The first-order chi connectivity index (χ1) is 7.75. The van der Waals surface area contributed by atoms with Crippen molar-refractivity contribution in [2.24, 2.45) is 0 Å². The summed E-state index contributed by atoms with van der Waals surface area (Å²) in [6, 6.07) is 8.85. The zero-order valence-corrected chi connectivity index (χ0v) is 9.19. The van der Waals surface area contributed by atoms with Gasteiger partial charge in [-0.1, -0.05) is 23.7 Å². The fourth-order valence-corrected chi connectivity index (χ4v) is 1.59. The maximum atomic E-state index is 11.8. The number of carbonyl (C=O) groups excluding carboxylic acids is 1. The Balaban J connectivity index is 2.14. The van der Waals surface area contributed by atoms with Crippen molar-refractivity contribution in [3.05, 3.63) is 59.1 Å². The third kappa shape index (κ3) is 2.64. The van der Waals surface area contributed by atoms with Gasteiger partial charge in [-0.3, -0.25) is 4.79 Å². The lowest BCUT2D eigenvalue weighted by atomic mass is 10.1. The number of hydrogen-bond donors (Lipinski definition) is 0. The average molecular weight is 233 g/mol. The highest BCUT2D eigenvalue weighted by molar-refractivity contribution is 6.30. The highest BCUT2D eigenvalue weighted by Gasteiger charge is 2.07. The number of benzene rings is 1. The number of rotatable bonds is 3. The van der Waals surface area contributed by atoms with Gasteiger partial charge in [-0.25, -0.2) is 9.97 Å². The van der Waals surface area contributed by atoms with E-state index in [-0.39, 0.29) is 5.78 Å². The number of carbonyl (C=O) groups is 1. The Morgan fingerprint density at radius 2 is 2.19 bits per heavy atom.